The Hall–Kier alpha value is -2.01. The second-order valence-electron chi connectivity index (χ2n) is 7.15. The summed E-state index contributed by atoms with van der Waals surface area (Å²) in [6.45, 7) is 5.48. The maximum absolute atomic E-state index is 11.3. The Labute approximate surface area is 155 Å². The zero-order chi connectivity index (χ0) is 18.4. The molecule has 138 valence electrons. The van der Waals surface area contributed by atoms with Crippen molar-refractivity contribution in [2.75, 3.05) is 13.2 Å². The highest BCUT2D eigenvalue weighted by Crippen LogP contribution is 2.29. The maximum atomic E-state index is 11.3. The summed E-state index contributed by atoms with van der Waals surface area (Å²) in [7, 11) is 0. The molecule has 1 heterocycles. The van der Waals surface area contributed by atoms with Crippen molar-refractivity contribution in [3.05, 3.63) is 71.3 Å². The zero-order valence-electron chi connectivity index (χ0n) is 15.4. The van der Waals surface area contributed by atoms with Gasteiger partial charge in [0.25, 0.3) is 0 Å². The van der Waals surface area contributed by atoms with Crippen LogP contribution in [0.25, 0.3) is 0 Å². The smallest absolute Gasteiger partial charge is 0.163 e. The van der Waals surface area contributed by atoms with Crippen molar-refractivity contribution in [3.63, 3.8) is 0 Å². The monoisotopic (exact) mass is 354 g/mol. The lowest BCUT2D eigenvalue weighted by atomic mass is 9.91. The van der Waals surface area contributed by atoms with Gasteiger partial charge in [0.1, 0.15) is 6.29 Å². The molecule has 1 fully saturated rings. The van der Waals surface area contributed by atoms with Gasteiger partial charge in [0, 0.05) is 11.5 Å². The van der Waals surface area contributed by atoms with Crippen molar-refractivity contribution >= 4 is 6.29 Å². The summed E-state index contributed by atoms with van der Waals surface area (Å²) in [5.74, 6) is -0.485. The van der Waals surface area contributed by atoms with Crippen LogP contribution < -0.4 is 0 Å². The summed E-state index contributed by atoms with van der Waals surface area (Å²) in [5, 5.41) is 0. The maximum Gasteiger partial charge on any atom is 0.163 e. The van der Waals surface area contributed by atoms with E-state index in [-0.39, 0.29) is 12.0 Å². The van der Waals surface area contributed by atoms with Crippen molar-refractivity contribution in [1.29, 1.82) is 0 Å². The number of carbonyl (C=O) groups excluding carboxylic acids is 1. The first kappa shape index (κ1) is 18.8. The fraction of sp³-hybridized carbons (Fsp3) is 0.409. The molecule has 2 aromatic carbocycles. The Morgan fingerprint density at radius 3 is 2.62 bits per heavy atom. The highest BCUT2D eigenvalue weighted by Gasteiger charge is 2.36. The van der Waals surface area contributed by atoms with Gasteiger partial charge in [0.05, 0.1) is 25.9 Å². The predicted molar refractivity (Wildman–Crippen MR) is 100 cm³/mol. The van der Waals surface area contributed by atoms with E-state index in [1.54, 1.807) is 0 Å². The van der Waals surface area contributed by atoms with Crippen LogP contribution in [0.5, 0.6) is 0 Å². The van der Waals surface area contributed by atoms with Gasteiger partial charge in [-0.1, -0.05) is 54.6 Å². The van der Waals surface area contributed by atoms with Gasteiger partial charge in [-0.2, -0.15) is 0 Å². The molecule has 2 aromatic rings. The fourth-order valence-corrected chi connectivity index (χ4v) is 3.26. The summed E-state index contributed by atoms with van der Waals surface area (Å²) in [6.07, 6.45) is 1.55. The number of carbonyl (C=O) groups is 1. The Balaban J connectivity index is 1.65. The van der Waals surface area contributed by atoms with Gasteiger partial charge in [-0.25, -0.2) is 0 Å². The van der Waals surface area contributed by atoms with Crippen LogP contribution >= 0.6 is 0 Å². The van der Waals surface area contributed by atoms with Crippen molar-refractivity contribution in [2.45, 2.75) is 38.8 Å². The van der Waals surface area contributed by atoms with Gasteiger partial charge in [-0.3, -0.25) is 4.79 Å². The largest absolute Gasteiger partial charge is 0.374 e. The lowest BCUT2D eigenvalue weighted by Gasteiger charge is -2.41. The highest BCUT2D eigenvalue weighted by atomic mass is 16.7. The molecular formula is C22H26O4. The van der Waals surface area contributed by atoms with Crippen LogP contribution in [-0.4, -0.2) is 31.4 Å². The SMILES string of the molecule is CC1(C)OC[C@@H](Cc2ccccc2C=O)[C@@H](COCc2ccccc2)O1. The zero-order valence-corrected chi connectivity index (χ0v) is 15.4. The van der Waals surface area contributed by atoms with E-state index < -0.39 is 5.79 Å². The van der Waals surface area contributed by atoms with Crippen molar-refractivity contribution < 1.29 is 19.0 Å². The van der Waals surface area contributed by atoms with E-state index in [0.717, 1.165) is 29.4 Å². The van der Waals surface area contributed by atoms with Gasteiger partial charge in [0.2, 0.25) is 0 Å². The molecule has 0 radical (unpaired) electrons. The molecule has 4 nitrogen and oxygen atoms in total. The minimum Gasteiger partial charge on any atom is -0.374 e. The van der Waals surface area contributed by atoms with Crippen molar-refractivity contribution in [2.24, 2.45) is 5.92 Å². The molecule has 1 aliphatic heterocycles. The number of aldehydes is 1. The summed E-state index contributed by atoms with van der Waals surface area (Å²) in [6, 6.07) is 17.8. The van der Waals surface area contributed by atoms with Gasteiger partial charge in [0.15, 0.2) is 5.79 Å². The first-order chi connectivity index (χ1) is 12.6. The second kappa shape index (κ2) is 8.58. The summed E-state index contributed by atoms with van der Waals surface area (Å²) >= 11 is 0. The number of hydrogen-bond acceptors (Lipinski definition) is 4. The average molecular weight is 354 g/mol. The molecule has 0 unspecified atom stereocenters. The van der Waals surface area contributed by atoms with Crippen LogP contribution in [0.15, 0.2) is 54.6 Å². The standard InChI is InChI=1S/C22H26O4/c1-22(2)25-15-20(12-18-10-6-7-11-19(18)13-23)21(26-22)16-24-14-17-8-4-3-5-9-17/h3-11,13,20-21H,12,14-16H2,1-2H3/t20-,21-/m1/s1. The molecule has 1 saturated heterocycles. The van der Waals surface area contributed by atoms with E-state index in [9.17, 15) is 4.79 Å². The Bertz CT molecular complexity index is 711. The molecule has 4 heteroatoms. The molecule has 0 bridgehead atoms. The molecule has 3 rings (SSSR count). The Morgan fingerprint density at radius 2 is 1.85 bits per heavy atom. The van der Waals surface area contributed by atoms with Gasteiger partial charge in [-0.05, 0) is 31.4 Å². The predicted octanol–water partition coefficient (Wildman–Crippen LogP) is 4.03. The highest BCUT2D eigenvalue weighted by molar-refractivity contribution is 5.77. The van der Waals surface area contributed by atoms with E-state index in [2.05, 4.69) is 0 Å². The third-order valence-electron chi connectivity index (χ3n) is 4.66. The Kier molecular flexibility index (Phi) is 6.20. The number of hydrogen-bond donors (Lipinski definition) is 0. The normalized spacial score (nSPS) is 22.1. The van der Waals surface area contributed by atoms with Crippen LogP contribution in [0.3, 0.4) is 0 Å². The third kappa shape index (κ3) is 5.01. The number of benzene rings is 2. The van der Waals surface area contributed by atoms with E-state index in [0.29, 0.717) is 19.8 Å². The minimum absolute atomic E-state index is 0.0813. The Morgan fingerprint density at radius 1 is 1.12 bits per heavy atom. The first-order valence-electron chi connectivity index (χ1n) is 9.04. The summed E-state index contributed by atoms with van der Waals surface area (Å²) in [5.41, 5.74) is 2.88. The summed E-state index contributed by atoms with van der Waals surface area (Å²) < 4.78 is 17.9. The van der Waals surface area contributed by atoms with Crippen LogP contribution in [0, 0.1) is 5.92 Å². The van der Waals surface area contributed by atoms with E-state index >= 15 is 0 Å². The van der Waals surface area contributed by atoms with Crippen molar-refractivity contribution in [3.8, 4) is 0 Å². The molecule has 0 amide bonds. The second-order valence-corrected chi connectivity index (χ2v) is 7.15. The minimum atomic E-state index is -0.624. The average Bonchev–Trinajstić information content (AvgIpc) is 2.65. The van der Waals surface area contributed by atoms with E-state index in [1.165, 1.54) is 0 Å². The molecule has 0 spiro atoms. The van der Waals surface area contributed by atoms with Gasteiger partial charge in [-0.15, -0.1) is 0 Å². The first-order valence-corrected chi connectivity index (χ1v) is 9.04. The molecule has 0 saturated carbocycles. The lowest BCUT2D eigenvalue weighted by Crippen LogP contribution is -2.48. The van der Waals surface area contributed by atoms with Gasteiger partial charge < -0.3 is 14.2 Å². The van der Waals surface area contributed by atoms with Crippen molar-refractivity contribution in [1.82, 2.24) is 0 Å². The van der Waals surface area contributed by atoms with Crippen LogP contribution in [0.4, 0.5) is 0 Å². The number of rotatable bonds is 7. The fourth-order valence-electron chi connectivity index (χ4n) is 3.26. The van der Waals surface area contributed by atoms with Crippen LogP contribution in [0.1, 0.15) is 35.3 Å². The molecule has 1 aliphatic rings. The molecule has 2 atom stereocenters. The van der Waals surface area contributed by atoms with Crippen LogP contribution in [0.2, 0.25) is 0 Å². The third-order valence-corrected chi connectivity index (χ3v) is 4.66. The number of ether oxygens (including phenoxy) is 3. The lowest BCUT2D eigenvalue weighted by molar-refractivity contribution is -0.300. The van der Waals surface area contributed by atoms with E-state index in [1.807, 2.05) is 68.4 Å². The topological polar surface area (TPSA) is 44.8 Å². The summed E-state index contributed by atoms with van der Waals surface area (Å²) in [4.78, 5) is 11.3. The molecular weight excluding hydrogens is 328 g/mol. The van der Waals surface area contributed by atoms with E-state index in [4.69, 9.17) is 14.2 Å². The van der Waals surface area contributed by atoms with Crippen LogP contribution in [-0.2, 0) is 27.2 Å². The quantitative estimate of drug-likeness (QED) is 0.704. The van der Waals surface area contributed by atoms with Gasteiger partial charge >= 0.3 is 0 Å². The molecule has 0 aromatic heterocycles. The molecule has 0 aliphatic carbocycles. The molecule has 0 N–H and O–H groups in total. The molecule has 26 heavy (non-hydrogen) atoms.